The fraction of sp³-hybridized carbons (Fsp3) is 0.235. The quantitative estimate of drug-likeness (QED) is 0.576. The first kappa shape index (κ1) is 17.9. The molecular weight excluding hydrogens is 331 g/mol. The average Bonchev–Trinajstić information content (AvgIpc) is 2.53. The van der Waals surface area contributed by atoms with Crippen LogP contribution in [0.5, 0.6) is 5.75 Å². The van der Waals surface area contributed by atoms with E-state index in [1.165, 1.54) is 19.2 Å². The minimum atomic E-state index is -4.78. The van der Waals surface area contributed by atoms with Crippen molar-refractivity contribution in [3.05, 3.63) is 64.7 Å². The highest BCUT2D eigenvalue weighted by Gasteiger charge is 2.43. The van der Waals surface area contributed by atoms with Gasteiger partial charge in [0.05, 0.1) is 12.7 Å². The molecule has 0 spiro atoms. The van der Waals surface area contributed by atoms with Crippen LogP contribution in [0.4, 0.5) is 22.0 Å². The first-order chi connectivity index (χ1) is 11.1. The molecule has 0 aromatic heterocycles. The van der Waals surface area contributed by atoms with E-state index in [0.29, 0.717) is 11.8 Å². The number of halogens is 5. The fourth-order valence-corrected chi connectivity index (χ4v) is 2.18. The van der Waals surface area contributed by atoms with Crippen molar-refractivity contribution in [3.8, 4) is 5.75 Å². The van der Waals surface area contributed by atoms with Gasteiger partial charge in [-0.3, -0.25) is 4.79 Å². The molecule has 2 aromatic rings. The molecule has 0 heterocycles. The van der Waals surface area contributed by atoms with Crippen LogP contribution in [0.1, 0.15) is 27.0 Å². The second-order valence-electron chi connectivity index (χ2n) is 5.16. The summed E-state index contributed by atoms with van der Waals surface area (Å²) in [5.41, 5.74) is -2.71. The number of carbonyl (C=O) groups excluding carboxylic acids is 1. The molecule has 0 amide bonds. The normalized spacial score (nSPS) is 12.1. The predicted octanol–water partition coefficient (Wildman–Crippen LogP) is 5.00. The van der Waals surface area contributed by atoms with E-state index < -0.39 is 29.0 Å². The van der Waals surface area contributed by atoms with Gasteiger partial charge in [0.15, 0.2) is 0 Å². The molecule has 0 saturated heterocycles. The van der Waals surface area contributed by atoms with Crippen LogP contribution in [0.2, 0.25) is 0 Å². The molecule has 7 heteroatoms. The third kappa shape index (κ3) is 3.39. The standard InChI is InChI=1S/C17H13F5O2/c1-10-3-6-12(9-14(10)17(20,21)22)16(18,19)15(23)11-4-7-13(24-2)8-5-11/h3-9H,1-2H3. The van der Waals surface area contributed by atoms with Crippen molar-refractivity contribution in [1.82, 2.24) is 0 Å². The maximum atomic E-state index is 14.4. The average molecular weight is 344 g/mol. The monoisotopic (exact) mass is 344 g/mol. The Bertz CT molecular complexity index is 749. The van der Waals surface area contributed by atoms with Crippen molar-refractivity contribution in [2.24, 2.45) is 0 Å². The zero-order valence-electron chi connectivity index (χ0n) is 12.7. The van der Waals surface area contributed by atoms with Crippen LogP contribution >= 0.6 is 0 Å². The van der Waals surface area contributed by atoms with Crippen molar-refractivity contribution in [1.29, 1.82) is 0 Å². The van der Waals surface area contributed by atoms with Gasteiger partial charge < -0.3 is 4.74 Å². The van der Waals surface area contributed by atoms with Crippen molar-refractivity contribution >= 4 is 5.78 Å². The molecule has 0 aliphatic carbocycles. The molecule has 2 aromatic carbocycles. The Kier molecular flexibility index (Phi) is 4.64. The Balaban J connectivity index is 2.43. The van der Waals surface area contributed by atoms with Crippen LogP contribution in [0.15, 0.2) is 42.5 Å². The highest BCUT2D eigenvalue weighted by Crippen LogP contribution is 2.38. The van der Waals surface area contributed by atoms with Crippen LogP contribution in [-0.2, 0) is 12.1 Å². The second-order valence-corrected chi connectivity index (χ2v) is 5.16. The Morgan fingerprint density at radius 3 is 2.04 bits per heavy atom. The van der Waals surface area contributed by atoms with Gasteiger partial charge in [-0.1, -0.05) is 12.1 Å². The number of ether oxygens (including phenoxy) is 1. The van der Waals surface area contributed by atoms with Gasteiger partial charge in [0.1, 0.15) is 5.75 Å². The van der Waals surface area contributed by atoms with Gasteiger partial charge in [-0.15, -0.1) is 0 Å². The highest BCUT2D eigenvalue weighted by molar-refractivity contribution is 6.02. The molecule has 0 fully saturated rings. The van der Waals surface area contributed by atoms with Crippen LogP contribution in [-0.4, -0.2) is 12.9 Å². The van der Waals surface area contributed by atoms with E-state index >= 15 is 0 Å². The molecule has 0 radical (unpaired) electrons. The first-order valence-corrected chi connectivity index (χ1v) is 6.82. The lowest BCUT2D eigenvalue weighted by atomic mass is 9.95. The molecular formula is C17H13F5O2. The summed E-state index contributed by atoms with van der Waals surface area (Å²) in [6.45, 7) is 1.16. The second kappa shape index (κ2) is 6.22. The molecule has 0 unspecified atom stereocenters. The lowest BCUT2D eigenvalue weighted by Crippen LogP contribution is -2.27. The van der Waals surface area contributed by atoms with Gasteiger partial charge in [-0.25, -0.2) is 0 Å². The van der Waals surface area contributed by atoms with Crippen LogP contribution in [0.3, 0.4) is 0 Å². The number of rotatable bonds is 4. The summed E-state index contributed by atoms with van der Waals surface area (Å²) < 4.78 is 72.2. The number of carbonyl (C=O) groups is 1. The first-order valence-electron chi connectivity index (χ1n) is 6.82. The molecule has 0 saturated carbocycles. The predicted molar refractivity (Wildman–Crippen MR) is 77.4 cm³/mol. The molecule has 2 nitrogen and oxygen atoms in total. The smallest absolute Gasteiger partial charge is 0.416 e. The minimum absolute atomic E-state index is 0.195. The van der Waals surface area contributed by atoms with E-state index in [1.807, 2.05) is 0 Å². The van der Waals surface area contributed by atoms with Crippen molar-refractivity contribution in [3.63, 3.8) is 0 Å². The Morgan fingerprint density at radius 1 is 0.958 bits per heavy atom. The van der Waals surface area contributed by atoms with Crippen molar-refractivity contribution in [2.75, 3.05) is 7.11 Å². The van der Waals surface area contributed by atoms with Crippen LogP contribution in [0, 0.1) is 6.92 Å². The van der Waals surface area contributed by atoms with Gasteiger partial charge in [0, 0.05) is 11.1 Å². The van der Waals surface area contributed by atoms with Gasteiger partial charge >= 0.3 is 12.1 Å². The molecule has 0 aliphatic rings. The zero-order chi connectivity index (χ0) is 18.1. The minimum Gasteiger partial charge on any atom is -0.497 e. The number of benzene rings is 2. The van der Waals surface area contributed by atoms with Crippen LogP contribution in [0.25, 0.3) is 0 Å². The number of hydrogen-bond donors (Lipinski definition) is 0. The largest absolute Gasteiger partial charge is 0.497 e. The zero-order valence-corrected chi connectivity index (χ0v) is 12.7. The number of alkyl halides is 5. The number of methoxy groups -OCH3 is 1. The van der Waals surface area contributed by atoms with Crippen LogP contribution < -0.4 is 4.74 Å². The lowest BCUT2D eigenvalue weighted by molar-refractivity contribution is -0.138. The number of hydrogen-bond acceptors (Lipinski definition) is 2. The molecule has 128 valence electrons. The third-order valence-corrected chi connectivity index (χ3v) is 3.54. The SMILES string of the molecule is COc1ccc(C(=O)C(F)(F)c2ccc(C)c(C(F)(F)F)c2)cc1. The van der Waals surface area contributed by atoms with E-state index in [1.54, 1.807) is 0 Å². The Morgan fingerprint density at radius 2 is 1.54 bits per heavy atom. The van der Waals surface area contributed by atoms with Gasteiger partial charge in [-0.05, 0) is 42.8 Å². The van der Waals surface area contributed by atoms with Crippen molar-refractivity contribution < 1.29 is 31.5 Å². The summed E-state index contributed by atoms with van der Waals surface area (Å²) >= 11 is 0. The molecule has 24 heavy (non-hydrogen) atoms. The van der Waals surface area contributed by atoms with E-state index in [4.69, 9.17) is 4.74 Å². The highest BCUT2D eigenvalue weighted by atomic mass is 19.4. The molecule has 0 N–H and O–H groups in total. The van der Waals surface area contributed by atoms with E-state index in [9.17, 15) is 26.7 Å². The summed E-state index contributed by atoms with van der Waals surface area (Å²) in [6, 6.07) is 6.97. The maximum Gasteiger partial charge on any atom is 0.416 e. The van der Waals surface area contributed by atoms with Gasteiger partial charge in [-0.2, -0.15) is 22.0 Å². The Hall–Kier alpha value is -2.44. The molecule has 0 atom stereocenters. The summed E-state index contributed by atoms with van der Waals surface area (Å²) in [7, 11) is 1.37. The van der Waals surface area contributed by atoms with Crippen molar-refractivity contribution in [2.45, 2.75) is 19.0 Å². The Labute approximate surface area is 134 Å². The molecule has 0 bridgehead atoms. The third-order valence-electron chi connectivity index (χ3n) is 3.54. The number of ketones is 1. The van der Waals surface area contributed by atoms with E-state index in [2.05, 4.69) is 0 Å². The topological polar surface area (TPSA) is 26.3 Å². The van der Waals surface area contributed by atoms with E-state index in [-0.39, 0.29) is 11.1 Å². The fourth-order valence-electron chi connectivity index (χ4n) is 2.18. The summed E-state index contributed by atoms with van der Waals surface area (Å²) in [4.78, 5) is 12.0. The van der Waals surface area contributed by atoms with E-state index in [0.717, 1.165) is 31.2 Å². The summed E-state index contributed by atoms with van der Waals surface area (Å²) in [5.74, 6) is -5.30. The summed E-state index contributed by atoms with van der Waals surface area (Å²) in [6.07, 6.45) is -4.78. The number of aryl methyl sites for hydroxylation is 1. The summed E-state index contributed by atoms with van der Waals surface area (Å²) in [5, 5.41) is 0. The van der Waals surface area contributed by atoms with Gasteiger partial charge in [0.25, 0.3) is 0 Å². The number of Topliss-reactive ketones (excluding diaryl/α,β-unsaturated/α-hetero) is 1. The maximum absolute atomic E-state index is 14.4. The molecule has 0 aliphatic heterocycles. The molecule has 2 rings (SSSR count). The lowest BCUT2D eigenvalue weighted by Gasteiger charge is -2.18. The van der Waals surface area contributed by atoms with Gasteiger partial charge in [0.2, 0.25) is 5.78 Å².